The van der Waals surface area contributed by atoms with E-state index < -0.39 is 29.1 Å². The summed E-state index contributed by atoms with van der Waals surface area (Å²) in [6.45, 7) is 7.27. The predicted octanol–water partition coefficient (Wildman–Crippen LogP) is 3.49. The summed E-state index contributed by atoms with van der Waals surface area (Å²) < 4.78 is 45.3. The van der Waals surface area contributed by atoms with Gasteiger partial charge in [0, 0.05) is 31.1 Å². The van der Waals surface area contributed by atoms with Gasteiger partial charge >= 0.3 is 6.18 Å². The minimum atomic E-state index is -4.51. The number of aromatic nitrogens is 1. The molecule has 1 atom stereocenters. The number of hydrogen-bond acceptors (Lipinski definition) is 7. The molecule has 0 unspecified atom stereocenters. The number of ether oxygens (including phenoxy) is 1. The monoisotopic (exact) mass is 530 g/mol. The Morgan fingerprint density at radius 3 is 2.66 bits per heavy atom. The molecule has 1 aromatic heterocycles. The second kappa shape index (κ2) is 11.9. The summed E-state index contributed by atoms with van der Waals surface area (Å²) in [6.07, 6.45) is -0.539. The maximum atomic E-state index is 13.3. The molecule has 2 amide bonds. The largest absolute Gasteiger partial charge is 0.418 e. The third-order valence-corrected chi connectivity index (χ3v) is 5.79. The fourth-order valence-electron chi connectivity index (χ4n) is 3.73. The Balaban J connectivity index is 1.69. The van der Waals surface area contributed by atoms with Crippen molar-refractivity contribution in [3.05, 3.63) is 77.4 Å². The van der Waals surface area contributed by atoms with Crippen LogP contribution in [0.15, 0.2) is 65.6 Å². The van der Waals surface area contributed by atoms with Crippen LogP contribution in [0.2, 0.25) is 0 Å². The number of carbonyl (C=O) groups is 2. The Morgan fingerprint density at radius 1 is 1.32 bits per heavy atom. The first-order valence-corrected chi connectivity index (χ1v) is 11.6. The molecular formula is C26H29F3N6O3. The molecule has 0 bridgehead atoms. The maximum Gasteiger partial charge on any atom is 0.418 e. The lowest BCUT2D eigenvalue weighted by Gasteiger charge is -2.27. The number of aliphatic imine (C=N–C) groups is 1. The van der Waals surface area contributed by atoms with Crippen molar-refractivity contribution in [2.24, 2.45) is 10.7 Å². The van der Waals surface area contributed by atoms with E-state index in [1.54, 1.807) is 19.9 Å². The van der Waals surface area contributed by atoms with Gasteiger partial charge in [-0.25, -0.2) is 0 Å². The molecule has 3 rings (SSSR count). The number of alkyl halides is 3. The average molecular weight is 531 g/mol. The summed E-state index contributed by atoms with van der Waals surface area (Å²) in [5, 5.41) is 8.23. The van der Waals surface area contributed by atoms with Gasteiger partial charge in [-0.2, -0.15) is 13.2 Å². The molecular weight excluding hydrogens is 501 g/mol. The molecule has 0 radical (unpaired) electrons. The number of carbonyl (C=O) groups excluding carboxylic acids is 2. The molecule has 0 saturated carbocycles. The molecule has 1 aromatic carbocycles. The van der Waals surface area contributed by atoms with Crippen molar-refractivity contribution in [1.29, 1.82) is 0 Å². The van der Waals surface area contributed by atoms with Gasteiger partial charge in [-0.3, -0.25) is 19.6 Å². The van der Waals surface area contributed by atoms with Gasteiger partial charge < -0.3 is 26.4 Å². The lowest BCUT2D eigenvalue weighted by molar-refractivity contribution is -0.137. The van der Waals surface area contributed by atoms with Crippen molar-refractivity contribution >= 4 is 29.4 Å². The minimum absolute atomic E-state index is 0.0262. The number of aryl methyl sites for hydroxylation is 1. The standard InChI is InChI=1S/C26H29F3N6O3/c1-16(2)31-12-18(11-30)23(36)35-25(8-9-38-15-25)24(37)33-14-22-17(3)10-19(13-32-22)34-21-7-5-4-6-20(21)26(27,28)29/h4-7,10-13,34H,1,8-9,14-15,30H2,2-3H3,(H,33,37)(H,35,36)/b18-11+,31-12-/t25-/m0/s1. The van der Waals surface area contributed by atoms with Gasteiger partial charge in [-0.05, 0) is 37.6 Å². The van der Waals surface area contributed by atoms with Crippen molar-refractivity contribution in [2.45, 2.75) is 38.5 Å². The number of anilines is 2. The summed E-state index contributed by atoms with van der Waals surface area (Å²) in [7, 11) is 0. The number of halogens is 3. The maximum absolute atomic E-state index is 13.3. The van der Waals surface area contributed by atoms with Crippen molar-refractivity contribution < 1.29 is 27.5 Å². The second-order valence-corrected chi connectivity index (χ2v) is 8.79. The number of para-hydroxylation sites is 1. The highest BCUT2D eigenvalue weighted by atomic mass is 19.4. The quantitative estimate of drug-likeness (QED) is 0.290. The Labute approximate surface area is 218 Å². The lowest BCUT2D eigenvalue weighted by Crippen LogP contribution is -2.59. The molecule has 1 saturated heterocycles. The van der Waals surface area contributed by atoms with Crippen molar-refractivity contribution in [3.8, 4) is 0 Å². The number of hydrogen-bond donors (Lipinski definition) is 4. The lowest BCUT2D eigenvalue weighted by atomic mass is 9.96. The molecule has 9 nitrogen and oxygen atoms in total. The zero-order valence-corrected chi connectivity index (χ0v) is 21.0. The molecule has 1 aliphatic heterocycles. The summed E-state index contributed by atoms with van der Waals surface area (Å²) >= 11 is 0. The Hall–Kier alpha value is -4.19. The molecule has 2 aromatic rings. The number of rotatable bonds is 9. The number of allylic oxidation sites excluding steroid dienone is 1. The van der Waals surface area contributed by atoms with Crippen LogP contribution in [0.25, 0.3) is 0 Å². The van der Waals surface area contributed by atoms with E-state index in [1.165, 1.54) is 30.6 Å². The number of pyridine rings is 1. The Bertz CT molecular complexity index is 1270. The van der Waals surface area contributed by atoms with Gasteiger partial charge in [0.05, 0.1) is 47.6 Å². The van der Waals surface area contributed by atoms with Crippen LogP contribution in [0.1, 0.15) is 30.2 Å². The smallest absolute Gasteiger partial charge is 0.404 e. The molecule has 1 aliphatic rings. The third kappa shape index (κ3) is 6.97. The number of benzene rings is 1. The molecule has 0 aliphatic carbocycles. The van der Waals surface area contributed by atoms with Gasteiger partial charge in [0.2, 0.25) is 5.91 Å². The first kappa shape index (κ1) is 28.4. The molecule has 12 heteroatoms. The fourth-order valence-corrected chi connectivity index (χ4v) is 3.73. The summed E-state index contributed by atoms with van der Waals surface area (Å²) in [6, 6.07) is 6.78. The zero-order chi connectivity index (χ0) is 27.9. The molecule has 202 valence electrons. The highest BCUT2D eigenvalue weighted by Gasteiger charge is 2.44. The van der Waals surface area contributed by atoms with Crippen molar-refractivity contribution in [1.82, 2.24) is 15.6 Å². The van der Waals surface area contributed by atoms with E-state index in [0.29, 0.717) is 22.6 Å². The Morgan fingerprint density at radius 2 is 2.05 bits per heavy atom. The van der Waals surface area contributed by atoms with E-state index in [1.807, 2.05) is 0 Å². The van der Waals surface area contributed by atoms with E-state index in [4.69, 9.17) is 10.5 Å². The fraction of sp³-hybridized carbons (Fsp3) is 0.308. The van der Waals surface area contributed by atoms with Crippen LogP contribution in [0, 0.1) is 6.92 Å². The first-order valence-electron chi connectivity index (χ1n) is 11.6. The third-order valence-electron chi connectivity index (χ3n) is 5.79. The number of nitrogens with two attached hydrogens (primary N) is 1. The van der Waals surface area contributed by atoms with E-state index >= 15 is 0 Å². The van der Waals surface area contributed by atoms with Crippen LogP contribution >= 0.6 is 0 Å². The van der Waals surface area contributed by atoms with E-state index in [9.17, 15) is 22.8 Å². The molecule has 38 heavy (non-hydrogen) atoms. The first-order chi connectivity index (χ1) is 17.9. The topological polar surface area (TPSA) is 131 Å². The van der Waals surface area contributed by atoms with E-state index in [-0.39, 0.29) is 37.4 Å². The van der Waals surface area contributed by atoms with Crippen LogP contribution in [-0.4, -0.2) is 41.8 Å². The van der Waals surface area contributed by atoms with Crippen LogP contribution in [0.4, 0.5) is 24.5 Å². The Kier molecular flexibility index (Phi) is 8.89. The SMILES string of the molecule is C=C(C)/N=C\C(=C/N)C(=O)N[C@@]1(C(=O)NCc2ncc(Nc3ccccc3C(F)(F)F)cc2C)CCOC1. The van der Waals surface area contributed by atoms with Crippen molar-refractivity contribution in [3.63, 3.8) is 0 Å². The molecule has 5 N–H and O–H groups in total. The van der Waals surface area contributed by atoms with Crippen LogP contribution < -0.4 is 21.7 Å². The molecule has 1 fully saturated rings. The van der Waals surface area contributed by atoms with Crippen molar-refractivity contribution in [2.75, 3.05) is 18.5 Å². The normalized spacial score (nSPS) is 17.9. The zero-order valence-electron chi connectivity index (χ0n) is 21.0. The predicted molar refractivity (Wildman–Crippen MR) is 137 cm³/mol. The molecule has 0 spiro atoms. The van der Waals surface area contributed by atoms with E-state index in [0.717, 1.165) is 12.3 Å². The minimum Gasteiger partial charge on any atom is -0.404 e. The highest BCUT2D eigenvalue weighted by Crippen LogP contribution is 2.35. The van der Waals surface area contributed by atoms with Gasteiger partial charge in [0.25, 0.3) is 5.91 Å². The number of nitrogens with zero attached hydrogens (tertiary/aromatic N) is 2. The van der Waals surface area contributed by atoms with Crippen LogP contribution in [0.3, 0.4) is 0 Å². The van der Waals surface area contributed by atoms with Crippen LogP contribution in [-0.2, 0) is 27.0 Å². The van der Waals surface area contributed by atoms with Gasteiger partial charge in [0.1, 0.15) is 5.54 Å². The number of amides is 2. The average Bonchev–Trinajstić information content (AvgIpc) is 3.33. The highest BCUT2D eigenvalue weighted by molar-refractivity contribution is 6.13. The second-order valence-electron chi connectivity index (χ2n) is 8.79. The van der Waals surface area contributed by atoms with Gasteiger partial charge in [-0.15, -0.1) is 0 Å². The molecule has 2 heterocycles. The summed E-state index contributed by atoms with van der Waals surface area (Å²) in [4.78, 5) is 34.2. The van der Waals surface area contributed by atoms with Crippen LogP contribution in [0.5, 0.6) is 0 Å². The summed E-state index contributed by atoms with van der Waals surface area (Å²) in [5.41, 5.74) is 5.38. The van der Waals surface area contributed by atoms with Gasteiger partial charge in [0.15, 0.2) is 0 Å². The van der Waals surface area contributed by atoms with Gasteiger partial charge in [-0.1, -0.05) is 18.7 Å². The number of nitrogens with one attached hydrogen (secondary N) is 3. The summed E-state index contributed by atoms with van der Waals surface area (Å²) in [5.74, 6) is -1.07. The van der Waals surface area contributed by atoms with E-state index in [2.05, 4.69) is 32.5 Å².